The van der Waals surface area contributed by atoms with Crippen LogP contribution >= 0.6 is 11.3 Å². The smallest absolute Gasteiger partial charge is 0.268 e. The van der Waals surface area contributed by atoms with Crippen molar-refractivity contribution in [3.8, 4) is 0 Å². The van der Waals surface area contributed by atoms with Crippen LogP contribution in [0.1, 0.15) is 44.9 Å². The fourth-order valence-corrected chi connectivity index (χ4v) is 4.66. The predicted octanol–water partition coefficient (Wildman–Crippen LogP) is 4.22. The molecule has 1 aromatic carbocycles. The quantitative estimate of drug-likeness (QED) is 0.722. The average molecular weight is 297 g/mol. The van der Waals surface area contributed by atoms with Gasteiger partial charge in [0.15, 0.2) is 0 Å². The summed E-state index contributed by atoms with van der Waals surface area (Å²) in [5.74, 6) is 0.193. The van der Waals surface area contributed by atoms with Gasteiger partial charge in [-0.3, -0.25) is 4.79 Å². The number of hydrogen-bond donors (Lipinski definition) is 0. The number of thiophene rings is 1. The molecule has 3 heteroatoms. The molecule has 0 unspecified atom stereocenters. The molecule has 1 aliphatic heterocycles. The second-order valence-electron chi connectivity index (χ2n) is 5.96. The number of aryl methyl sites for hydroxylation is 2. The molecule has 0 bridgehead atoms. The van der Waals surface area contributed by atoms with E-state index in [0.717, 1.165) is 36.4 Å². The first kappa shape index (κ1) is 13.1. The molecule has 0 N–H and O–H groups in total. The number of benzene rings is 1. The minimum atomic E-state index is 0.193. The van der Waals surface area contributed by atoms with Crippen molar-refractivity contribution in [2.45, 2.75) is 38.5 Å². The van der Waals surface area contributed by atoms with Crippen LogP contribution in [0.4, 0.5) is 5.69 Å². The van der Waals surface area contributed by atoms with Crippen LogP contribution in [0.3, 0.4) is 0 Å². The van der Waals surface area contributed by atoms with Crippen LogP contribution < -0.4 is 4.90 Å². The molecule has 4 rings (SSSR count). The minimum Gasteiger partial charge on any atom is -0.307 e. The molecule has 0 atom stereocenters. The highest BCUT2D eigenvalue weighted by Gasteiger charge is 2.27. The molecule has 2 aliphatic rings. The van der Waals surface area contributed by atoms with Crippen LogP contribution in [0.25, 0.3) is 0 Å². The van der Waals surface area contributed by atoms with Crippen molar-refractivity contribution in [1.29, 1.82) is 0 Å². The van der Waals surface area contributed by atoms with Gasteiger partial charge in [0.25, 0.3) is 5.91 Å². The lowest BCUT2D eigenvalue weighted by molar-refractivity contribution is 0.0993. The average Bonchev–Trinajstić information content (AvgIpc) is 3.05. The summed E-state index contributed by atoms with van der Waals surface area (Å²) in [5, 5.41) is 0. The van der Waals surface area contributed by atoms with Crippen molar-refractivity contribution < 1.29 is 4.79 Å². The summed E-state index contributed by atoms with van der Waals surface area (Å²) in [7, 11) is 0. The maximum atomic E-state index is 12.8. The number of rotatable bonds is 1. The van der Waals surface area contributed by atoms with E-state index in [1.807, 2.05) is 11.0 Å². The van der Waals surface area contributed by atoms with Gasteiger partial charge in [0.2, 0.25) is 0 Å². The number of carbonyl (C=O) groups excluding carboxylic acids is 1. The van der Waals surface area contributed by atoms with E-state index in [1.54, 1.807) is 11.3 Å². The monoisotopic (exact) mass is 297 g/mol. The van der Waals surface area contributed by atoms with Crippen LogP contribution in [0, 0.1) is 0 Å². The maximum Gasteiger partial charge on any atom is 0.268 e. The summed E-state index contributed by atoms with van der Waals surface area (Å²) in [6, 6.07) is 10.4. The van der Waals surface area contributed by atoms with Gasteiger partial charge in [0.05, 0.1) is 4.88 Å². The topological polar surface area (TPSA) is 20.3 Å². The number of fused-ring (bicyclic) bond motifs is 2. The van der Waals surface area contributed by atoms with E-state index in [2.05, 4.69) is 24.3 Å². The molecular formula is C18H19NOS. The third-order valence-corrected chi connectivity index (χ3v) is 5.81. The fraction of sp³-hybridized carbons (Fsp3) is 0.389. The first-order valence-corrected chi connectivity index (χ1v) is 8.66. The Morgan fingerprint density at radius 3 is 2.81 bits per heavy atom. The van der Waals surface area contributed by atoms with E-state index in [4.69, 9.17) is 0 Å². The lowest BCUT2D eigenvalue weighted by Gasteiger charge is -2.16. The first-order valence-electron chi connectivity index (χ1n) is 7.84. The van der Waals surface area contributed by atoms with Crippen LogP contribution in [0.2, 0.25) is 0 Å². The van der Waals surface area contributed by atoms with Crippen LogP contribution in [-0.2, 0) is 19.3 Å². The van der Waals surface area contributed by atoms with E-state index >= 15 is 0 Å². The molecule has 1 aliphatic carbocycles. The first-order chi connectivity index (χ1) is 10.3. The molecule has 0 saturated heterocycles. The number of hydrogen-bond acceptors (Lipinski definition) is 2. The number of carbonyl (C=O) groups is 1. The normalized spacial score (nSPS) is 17.2. The van der Waals surface area contributed by atoms with E-state index in [1.165, 1.54) is 35.3 Å². The molecule has 1 amide bonds. The Morgan fingerprint density at radius 1 is 1.00 bits per heavy atom. The van der Waals surface area contributed by atoms with Gasteiger partial charge >= 0.3 is 0 Å². The minimum absolute atomic E-state index is 0.193. The third-order valence-electron chi connectivity index (χ3n) is 4.59. The van der Waals surface area contributed by atoms with Gasteiger partial charge in [-0.2, -0.15) is 0 Å². The molecule has 0 saturated carbocycles. The molecule has 1 aromatic heterocycles. The highest BCUT2D eigenvalue weighted by molar-refractivity contribution is 7.14. The maximum absolute atomic E-state index is 12.8. The van der Waals surface area contributed by atoms with Crippen molar-refractivity contribution in [3.63, 3.8) is 0 Å². The summed E-state index contributed by atoms with van der Waals surface area (Å²) in [4.78, 5) is 17.2. The van der Waals surface area contributed by atoms with Gasteiger partial charge < -0.3 is 4.90 Å². The summed E-state index contributed by atoms with van der Waals surface area (Å²) in [5.41, 5.74) is 3.82. The molecular weight excluding hydrogens is 278 g/mol. The Hall–Kier alpha value is -1.61. The number of anilines is 1. The molecule has 108 valence electrons. The van der Waals surface area contributed by atoms with Gasteiger partial charge in [0, 0.05) is 17.1 Å². The summed E-state index contributed by atoms with van der Waals surface area (Å²) >= 11 is 1.73. The van der Waals surface area contributed by atoms with E-state index in [9.17, 15) is 4.79 Å². The molecule has 21 heavy (non-hydrogen) atoms. The van der Waals surface area contributed by atoms with Gasteiger partial charge in [-0.15, -0.1) is 11.3 Å². The summed E-state index contributed by atoms with van der Waals surface area (Å²) < 4.78 is 0. The Labute approximate surface area is 129 Å². The highest BCUT2D eigenvalue weighted by Crippen LogP contribution is 2.33. The second-order valence-corrected chi connectivity index (χ2v) is 7.09. The summed E-state index contributed by atoms with van der Waals surface area (Å²) in [6.45, 7) is 0.820. The zero-order valence-corrected chi connectivity index (χ0v) is 12.9. The van der Waals surface area contributed by atoms with Crippen molar-refractivity contribution in [2.24, 2.45) is 0 Å². The molecule has 0 radical (unpaired) electrons. The predicted molar refractivity (Wildman–Crippen MR) is 87.4 cm³/mol. The Morgan fingerprint density at radius 2 is 1.86 bits per heavy atom. The molecule has 2 nitrogen and oxygen atoms in total. The molecule has 2 aromatic rings. The molecule has 0 spiro atoms. The van der Waals surface area contributed by atoms with E-state index in [-0.39, 0.29) is 5.91 Å². The standard InChI is InChI=1S/C18H19NOS/c20-18(19-11-10-13-6-4-5-8-15(13)19)17-12-14-7-2-1-3-9-16(14)21-17/h4-6,8,12H,1-3,7,9-11H2. The third kappa shape index (κ3) is 2.30. The van der Waals surface area contributed by atoms with Crippen molar-refractivity contribution >= 4 is 22.9 Å². The van der Waals surface area contributed by atoms with Gasteiger partial charge in [-0.25, -0.2) is 0 Å². The molecule has 0 fully saturated rings. The second kappa shape index (κ2) is 5.30. The summed E-state index contributed by atoms with van der Waals surface area (Å²) in [6.07, 6.45) is 7.15. The highest BCUT2D eigenvalue weighted by atomic mass is 32.1. The van der Waals surface area contributed by atoms with E-state index < -0.39 is 0 Å². The Bertz CT molecular complexity index is 665. The Balaban J connectivity index is 1.64. The van der Waals surface area contributed by atoms with Crippen molar-refractivity contribution in [2.75, 3.05) is 11.4 Å². The van der Waals surface area contributed by atoms with Crippen molar-refractivity contribution in [1.82, 2.24) is 0 Å². The molecule has 2 heterocycles. The van der Waals surface area contributed by atoms with E-state index in [0.29, 0.717) is 0 Å². The zero-order valence-electron chi connectivity index (χ0n) is 12.1. The largest absolute Gasteiger partial charge is 0.307 e. The fourth-order valence-electron chi connectivity index (χ4n) is 3.46. The van der Waals surface area contributed by atoms with Crippen LogP contribution in [0.15, 0.2) is 30.3 Å². The lowest BCUT2D eigenvalue weighted by Crippen LogP contribution is -2.28. The van der Waals surface area contributed by atoms with Gasteiger partial charge in [-0.1, -0.05) is 24.6 Å². The van der Waals surface area contributed by atoms with Crippen molar-refractivity contribution in [3.05, 3.63) is 51.2 Å². The van der Waals surface area contributed by atoms with Crippen LogP contribution in [-0.4, -0.2) is 12.5 Å². The zero-order chi connectivity index (χ0) is 14.2. The van der Waals surface area contributed by atoms with Gasteiger partial charge in [-0.05, 0) is 55.4 Å². The SMILES string of the molecule is O=C(c1cc2c(s1)CCCCC2)N1CCc2ccccc21. The van der Waals surface area contributed by atoms with Crippen LogP contribution in [0.5, 0.6) is 0 Å². The number of amides is 1. The Kier molecular flexibility index (Phi) is 3.30. The van der Waals surface area contributed by atoms with Gasteiger partial charge in [0.1, 0.15) is 0 Å². The number of nitrogens with zero attached hydrogens (tertiary/aromatic N) is 1. The lowest BCUT2D eigenvalue weighted by atomic mass is 10.1. The number of para-hydroxylation sites is 1.